The highest BCUT2D eigenvalue weighted by Gasteiger charge is 2.21. The topological polar surface area (TPSA) is 38.7 Å². The number of piperazine rings is 1. The van der Waals surface area contributed by atoms with Crippen molar-refractivity contribution in [1.82, 2.24) is 15.1 Å². The lowest BCUT2D eigenvalue weighted by atomic mass is 10.2. The Morgan fingerprint density at radius 3 is 2.22 bits per heavy atom. The molecule has 0 saturated carbocycles. The number of hydrogen-bond acceptors (Lipinski definition) is 4. The maximum atomic E-state index is 9.95. The van der Waals surface area contributed by atoms with Crippen LogP contribution < -0.4 is 5.32 Å². The second-order valence-electron chi connectivity index (χ2n) is 5.81. The van der Waals surface area contributed by atoms with Crippen LogP contribution in [0.4, 0.5) is 0 Å². The van der Waals surface area contributed by atoms with Crippen LogP contribution in [0.15, 0.2) is 0 Å². The van der Waals surface area contributed by atoms with Gasteiger partial charge in [-0.2, -0.15) is 0 Å². The maximum absolute atomic E-state index is 9.95. The number of nitrogens with zero attached hydrogens (tertiary/aromatic N) is 2. The van der Waals surface area contributed by atoms with Gasteiger partial charge in [-0.1, -0.05) is 20.8 Å². The molecule has 18 heavy (non-hydrogen) atoms. The third-order valence-electron chi connectivity index (χ3n) is 3.85. The molecule has 108 valence electrons. The predicted octanol–water partition coefficient (Wildman–Crippen LogP) is 0.761. The van der Waals surface area contributed by atoms with Gasteiger partial charge in [0.05, 0.1) is 6.10 Å². The Morgan fingerprint density at radius 1 is 1.11 bits per heavy atom. The van der Waals surface area contributed by atoms with Gasteiger partial charge in [-0.05, 0) is 13.3 Å². The molecule has 0 bridgehead atoms. The monoisotopic (exact) mass is 257 g/mol. The molecule has 0 aromatic rings. The molecule has 1 rings (SSSR count). The highest BCUT2D eigenvalue weighted by atomic mass is 16.3. The maximum Gasteiger partial charge on any atom is 0.0791 e. The van der Waals surface area contributed by atoms with Crippen molar-refractivity contribution in [2.45, 2.75) is 52.3 Å². The summed E-state index contributed by atoms with van der Waals surface area (Å²) in [5, 5.41) is 13.2. The average molecular weight is 257 g/mol. The van der Waals surface area contributed by atoms with E-state index in [4.69, 9.17) is 0 Å². The Bertz CT molecular complexity index is 215. The predicted molar refractivity (Wildman–Crippen MR) is 76.9 cm³/mol. The van der Waals surface area contributed by atoms with Crippen molar-refractivity contribution >= 4 is 0 Å². The van der Waals surface area contributed by atoms with Gasteiger partial charge in [0.15, 0.2) is 0 Å². The molecule has 1 aliphatic rings. The Balaban J connectivity index is 2.18. The summed E-state index contributed by atoms with van der Waals surface area (Å²) in [5.41, 5.74) is 0. The van der Waals surface area contributed by atoms with Crippen molar-refractivity contribution in [3.05, 3.63) is 0 Å². The number of rotatable bonds is 7. The Morgan fingerprint density at radius 2 is 1.72 bits per heavy atom. The number of aliphatic hydroxyl groups is 1. The third kappa shape index (κ3) is 5.65. The first-order chi connectivity index (χ1) is 8.52. The molecule has 4 heteroatoms. The van der Waals surface area contributed by atoms with Crippen LogP contribution >= 0.6 is 0 Å². The zero-order chi connectivity index (χ0) is 13.5. The number of aliphatic hydroxyl groups excluding tert-OH is 1. The highest BCUT2D eigenvalue weighted by molar-refractivity contribution is 4.77. The van der Waals surface area contributed by atoms with Gasteiger partial charge in [0.2, 0.25) is 0 Å². The van der Waals surface area contributed by atoms with Gasteiger partial charge < -0.3 is 10.4 Å². The van der Waals surface area contributed by atoms with E-state index in [1.54, 1.807) is 0 Å². The molecule has 0 spiro atoms. The first kappa shape index (κ1) is 15.9. The molecule has 0 aliphatic carbocycles. The molecular weight excluding hydrogens is 226 g/mol. The molecule has 0 aromatic carbocycles. The Kier molecular flexibility index (Phi) is 7.15. The van der Waals surface area contributed by atoms with E-state index < -0.39 is 0 Å². The van der Waals surface area contributed by atoms with Crippen LogP contribution in [0.1, 0.15) is 34.1 Å². The minimum absolute atomic E-state index is 0.248. The van der Waals surface area contributed by atoms with Crippen molar-refractivity contribution in [3.8, 4) is 0 Å². The van der Waals surface area contributed by atoms with Crippen LogP contribution in [-0.4, -0.2) is 72.4 Å². The molecule has 1 heterocycles. The molecule has 4 nitrogen and oxygen atoms in total. The van der Waals surface area contributed by atoms with E-state index in [2.05, 4.69) is 42.8 Å². The van der Waals surface area contributed by atoms with Crippen molar-refractivity contribution in [1.29, 1.82) is 0 Å². The summed E-state index contributed by atoms with van der Waals surface area (Å²) in [5.74, 6) is 0. The fraction of sp³-hybridized carbons (Fsp3) is 1.00. The number of hydrogen-bond donors (Lipinski definition) is 2. The Labute approximate surface area is 112 Å². The lowest BCUT2D eigenvalue weighted by molar-refractivity contribution is 0.0580. The van der Waals surface area contributed by atoms with Gasteiger partial charge in [-0.25, -0.2) is 0 Å². The first-order valence-electron chi connectivity index (χ1n) is 7.40. The van der Waals surface area contributed by atoms with Crippen LogP contribution in [0.5, 0.6) is 0 Å². The van der Waals surface area contributed by atoms with Gasteiger partial charge in [0, 0.05) is 51.4 Å². The van der Waals surface area contributed by atoms with E-state index in [9.17, 15) is 5.11 Å². The smallest absolute Gasteiger partial charge is 0.0791 e. The lowest BCUT2D eigenvalue weighted by Gasteiger charge is -2.38. The summed E-state index contributed by atoms with van der Waals surface area (Å²) in [6, 6.07) is 1.14. The van der Waals surface area contributed by atoms with Gasteiger partial charge in [-0.15, -0.1) is 0 Å². The SMILES string of the molecule is CCC(C)N1CCN(CC(O)CNC(C)C)CC1. The molecule has 2 atom stereocenters. The minimum atomic E-state index is -0.248. The van der Waals surface area contributed by atoms with Crippen LogP contribution in [-0.2, 0) is 0 Å². The highest BCUT2D eigenvalue weighted by Crippen LogP contribution is 2.08. The van der Waals surface area contributed by atoms with Crippen LogP contribution in [0, 0.1) is 0 Å². The molecule has 1 aliphatic heterocycles. The van der Waals surface area contributed by atoms with Gasteiger partial charge in [-0.3, -0.25) is 9.80 Å². The Hall–Kier alpha value is -0.160. The molecular formula is C14H31N3O. The summed E-state index contributed by atoms with van der Waals surface area (Å²) >= 11 is 0. The molecule has 0 amide bonds. The van der Waals surface area contributed by atoms with E-state index >= 15 is 0 Å². The van der Waals surface area contributed by atoms with Gasteiger partial charge >= 0.3 is 0 Å². The quantitative estimate of drug-likeness (QED) is 0.706. The van der Waals surface area contributed by atoms with Crippen molar-refractivity contribution in [2.75, 3.05) is 39.3 Å². The average Bonchev–Trinajstić information content (AvgIpc) is 2.36. The lowest BCUT2D eigenvalue weighted by Crippen LogP contribution is -2.52. The third-order valence-corrected chi connectivity index (χ3v) is 3.85. The first-order valence-corrected chi connectivity index (χ1v) is 7.40. The van der Waals surface area contributed by atoms with Crippen LogP contribution in [0.3, 0.4) is 0 Å². The van der Waals surface area contributed by atoms with E-state index in [1.807, 2.05) is 0 Å². The zero-order valence-corrected chi connectivity index (χ0v) is 12.5. The zero-order valence-electron chi connectivity index (χ0n) is 12.5. The normalized spacial score (nSPS) is 22.3. The fourth-order valence-electron chi connectivity index (χ4n) is 2.38. The van der Waals surface area contributed by atoms with Crippen LogP contribution in [0.25, 0.3) is 0 Å². The van der Waals surface area contributed by atoms with E-state index in [-0.39, 0.29) is 6.10 Å². The van der Waals surface area contributed by atoms with Crippen molar-refractivity contribution in [2.24, 2.45) is 0 Å². The van der Waals surface area contributed by atoms with Gasteiger partial charge in [0.25, 0.3) is 0 Å². The fourth-order valence-corrected chi connectivity index (χ4v) is 2.38. The van der Waals surface area contributed by atoms with E-state index in [0.29, 0.717) is 18.6 Å². The molecule has 1 saturated heterocycles. The van der Waals surface area contributed by atoms with Crippen molar-refractivity contribution < 1.29 is 5.11 Å². The standard InChI is InChI=1S/C14H31N3O/c1-5-13(4)17-8-6-16(7-9-17)11-14(18)10-15-12(2)3/h12-15,18H,5-11H2,1-4H3. The number of β-amino-alcohol motifs (C(OH)–C–C–N with tert-alkyl or cyclic N) is 1. The molecule has 2 N–H and O–H groups in total. The van der Waals surface area contributed by atoms with E-state index in [1.165, 1.54) is 6.42 Å². The summed E-state index contributed by atoms with van der Waals surface area (Å²) in [4.78, 5) is 4.93. The summed E-state index contributed by atoms with van der Waals surface area (Å²) in [7, 11) is 0. The summed E-state index contributed by atoms with van der Waals surface area (Å²) < 4.78 is 0. The summed E-state index contributed by atoms with van der Waals surface area (Å²) in [6.45, 7) is 14.7. The molecule has 1 fully saturated rings. The summed E-state index contributed by atoms with van der Waals surface area (Å²) in [6.07, 6.45) is 0.976. The van der Waals surface area contributed by atoms with E-state index in [0.717, 1.165) is 32.7 Å². The van der Waals surface area contributed by atoms with Crippen LogP contribution in [0.2, 0.25) is 0 Å². The molecule has 0 radical (unpaired) electrons. The second-order valence-corrected chi connectivity index (χ2v) is 5.81. The molecule has 0 aromatic heterocycles. The minimum Gasteiger partial charge on any atom is -0.390 e. The van der Waals surface area contributed by atoms with Crippen molar-refractivity contribution in [3.63, 3.8) is 0 Å². The second kappa shape index (κ2) is 8.10. The largest absolute Gasteiger partial charge is 0.390 e. The number of nitrogens with one attached hydrogen (secondary N) is 1. The van der Waals surface area contributed by atoms with Gasteiger partial charge in [0.1, 0.15) is 0 Å². The molecule has 2 unspecified atom stereocenters.